The Morgan fingerprint density at radius 2 is 2.00 bits per heavy atom. The van der Waals surface area contributed by atoms with Crippen molar-refractivity contribution in [1.29, 1.82) is 0 Å². The summed E-state index contributed by atoms with van der Waals surface area (Å²) in [6, 6.07) is 9.30. The average Bonchev–Trinajstić information content (AvgIpc) is 2.99. The largest absolute Gasteiger partial charge is 0.598 e. The molecular formula is C22H24ClN3O2S. The van der Waals surface area contributed by atoms with E-state index >= 15 is 0 Å². The molecular weight excluding hydrogens is 406 g/mol. The first-order valence-corrected chi connectivity index (χ1v) is 11.1. The van der Waals surface area contributed by atoms with Crippen molar-refractivity contribution >= 4 is 33.9 Å². The minimum absolute atomic E-state index is 0.0635. The van der Waals surface area contributed by atoms with Gasteiger partial charge < -0.3 is 4.55 Å². The smallest absolute Gasteiger partial charge is 0.261 e. The van der Waals surface area contributed by atoms with Crippen LogP contribution < -0.4 is 10.3 Å². The number of hydrogen-bond donors (Lipinski definition) is 1. The van der Waals surface area contributed by atoms with E-state index in [1.807, 2.05) is 65.0 Å². The van der Waals surface area contributed by atoms with Gasteiger partial charge in [0.2, 0.25) is 0 Å². The highest BCUT2D eigenvalue weighted by Gasteiger charge is 2.30. The molecule has 0 spiro atoms. The maximum absolute atomic E-state index is 13.3. The highest BCUT2D eigenvalue weighted by molar-refractivity contribution is 7.90. The van der Waals surface area contributed by atoms with Crippen LogP contribution in [0.3, 0.4) is 0 Å². The fourth-order valence-corrected chi connectivity index (χ4v) is 4.62. The van der Waals surface area contributed by atoms with Gasteiger partial charge in [0.05, 0.1) is 23.5 Å². The number of nitrogens with zero attached hydrogens (tertiary/aromatic N) is 2. The van der Waals surface area contributed by atoms with E-state index in [1.165, 1.54) is 0 Å². The van der Waals surface area contributed by atoms with Crippen LogP contribution in [0.15, 0.2) is 35.1 Å². The molecule has 0 saturated carbocycles. The van der Waals surface area contributed by atoms with E-state index in [1.54, 1.807) is 4.57 Å². The van der Waals surface area contributed by atoms with E-state index in [2.05, 4.69) is 4.72 Å². The van der Waals surface area contributed by atoms with Crippen molar-refractivity contribution in [2.75, 3.05) is 0 Å². The van der Waals surface area contributed by atoms with Crippen LogP contribution in [-0.2, 0) is 17.9 Å². The van der Waals surface area contributed by atoms with Gasteiger partial charge in [-0.25, -0.2) is 4.98 Å². The molecule has 0 bridgehead atoms. The summed E-state index contributed by atoms with van der Waals surface area (Å²) in [7, 11) is 0. The molecule has 1 N–H and O–H groups in total. The summed E-state index contributed by atoms with van der Waals surface area (Å²) < 4.78 is 17.1. The first-order chi connectivity index (χ1) is 13.6. The molecule has 3 aromatic rings. The van der Waals surface area contributed by atoms with Crippen molar-refractivity contribution in [3.8, 4) is 11.4 Å². The molecule has 5 nitrogen and oxygen atoms in total. The Kier molecular flexibility index (Phi) is 5.02. The Labute approximate surface area is 178 Å². The zero-order valence-electron chi connectivity index (χ0n) is 17.2. The second-order valence-electron chi connectivity index (χ2n) is 8.60. The molecule has 1 aliphatic rings. The number of halogens is 1. The maximum Gasteiger partial charge on any atom is 0.261 e. The van der Waals surface area contributed by atoms with Crippen LogP contribution in [0.25, 0.3) is 22.3 Å². The molecule has 0 fully saturated rings. The molecule has 0 aliphatic carbocycles. The molecule has 0 radical (unpaired) electrons. The van der Waals surface area contributed by atoms with Crippen LogP contribution in [0.4, 0.5) is 0 Å². The van der Waals surface area contributed by atoms with Gasteiger partial charge in [-0.3, -0.25) is 9.36 Å². The van der Waals surface area contributed by atoms with Crippen LogP contribution in [-0.4, -0.2) is 18.9 Å². The lowest BCUT2D eigenvalue weighted by atomic mass is 10.0. The fourth-order valence-electron chi connectivity index (χ4n) is 3.65. The van der Waals surface area contributed by atoms with Crippen molar-refractivity contribution in [3.05, 3.63) is 62.4 Å². The predicted octanol–water partition coefficient (Wildman–Crippen LogP) is 4.50. The van der Waals surface area contributed by atoms with Crippen molar-refractivity contribution in [3.63, 3.8) is 0 Å². The predicted molar refractivity (Wildman–Crippen MR) is 120 cm³/mol. The maximum atomic E-state index is 13.3. The Morgan fingerprint density at radius 3 is 2.69 bits per heavy atom. The molecule has 1 aliphatic heterocycles. The van der Waals surface area contributed by atoms with E-state index in [0.717, 1.165) is 22.3 Å². The average molecular weight is 430 g/mol. The second-order valence-corrected chi connectivity index (χ2v) is 11.0. The Morgan fingerprint density at radius 1 is 1.28 bits per heavy atom. The third-order valence-corrected chi connectivity index (χ3v) is 7.10. The van der Waals surface area contributed by atoms with Gasteiger partial charge in [-0.15, -0.1) is 4.72 Å². The van der Waals surface area contributed by atoms with Crippen molar-refractivity contribution in [2.45, 2.75) is 52.0 Å². The van der Waals surface area contributed by atoms with E-state index in [0.29, 0.717) is 28.3 Å². The van der Waals surface area contributed by atoms with Gasteiger partial charge in [0.1, 0.15) is 10.6 Å². The highest BCUT2D eigenvalue weighted by atomic mass is 35.5. The van der Waals surface area contributed by atoms with Crippen molar-refractivity contribution in [2.24, 2.45) is 0 Å². The molecule has 7 heteroatoms. The number of rotatable bonds is 3. The number of nitrogens with one attached hydrogen (secondary N) is 1. The van der Waals surface area contributed by atoms with Gasteiger partial charge in [0.15, 0.2) is 0 Å². The lowest BCUT2D eigenvalue weighted by Crippen LogP contribution is -2.40. The summed E-state index contributed by atoms with van der Waals surface area (Å²) in [6.45, 7) is 10.2. The summed E-state index contributed by atoms with van der Waals surface area (Å²) in [5.41, 5.74) is 4.35. The number of fused-ring (bicyclic) bond motifs is 4. The Hall–Kier alpha value is -1.86. The summed E-state index contributed by atoms with van der Waals surface area (Å²) in [5.74, 6) is 0.634. The Bertz CT molecular complexity index is 1180. The third-order valence-electron chi connectivity index (χ3n) is 5.18. The van der Waals surface area contributed by atoms with Crippen LogP contribution in [0, 0.1) is 6.92 Å². The van der Waals surface area contributed by atoms with Gasteiger partial charge in [-0.2, -0.15) is 0 Å². The zero-order valence-corrected chi connectivity index (χ0v) is 18.7. The van der Waals surface area contributed by atoms with Gasteiger partial charge in [-0.05, 0) is 63.9 Å². The minimum Gasteiger partial charge on any atom is -0.598 e. The first-order valence-electron chi connectivity index (χ1n) is 9.58. The number of hydrogen-bond acceptors (Lipinski definition) is 4. The molecule has 152 valence electrons. The summed E-state index contributed by atoms with van der Waals surface area (Å²) in [6.07, 6.45) is 0. The standard InChI is InChI=1S/C22H24ClN3O2S/c1-12-8-16(13(2)25-29(28)22(3,4)5)19-18(9-12)21(27)26-11-14-6-7-15(23)10-17(14)20(26)24-19/h6-10,13,25H,11H2,1-5H3/t13-,29?/m1/s1. The van der Waals surface area contributed by atoms with Crippen LogP contribution in [0.2, 0.25) is 5.02 Å². The normalized spacial score (nSPS) is 15.3. The zero-order chi connectivity index (χ0) is 21.1. The van der Waals surface area contributed by atoms with Gasteiger partial charge in [-0.1, -0.05) is 23.7 Å². The monoisotopic (exact) mass is 429 g/mol. The van der Waals surface area contributed by atoms with Gasteiger partial charge >= 0.3 is 0 Å². The van der Waals surface area contributed by atoms with E-state index in [9.17, 15) is 9.35 Å². The minimum atomic E-state index is -1.24. The van der Waals surface area contributed by atoms with E-state index in [-0.39, 0.29) is 11.6 Å². The molecule has 1 unspecified atom stereocenters. The highest BCUT2D eigenvalue weighted by Crippen LogP contribution is 2.34. The molecule has 0 saturated heterocycles. The lowest BCUT2D eigenvalue weighted by Gasteiger charge is -2.27. The summed E-state index contributed by atoms with van der Waals surface area (Å²) in [4.78, 5) is 18.2. The van der Waals surface area contributed by atoms with Gasteiger partial charge in [0, 0.05) is 27.5 Å². The Balaban J connectivity index is 1.91. The number of benzene rings is 2. The third kappa shape index (κ3) is 3.59. The molecule has 4 rings (SSSR count). The van der Waals surface area contributed by atoms with Crippen LogP contribution in [0.5, 0.6) is 0 Å². The molecule has 2 heterocycles. The van der Waals surface area contributed by atoms with E-state index in [4.69, 9.17) is 16.6 Å². The molecule has 29 heavy (non-hydrogen) atoms. The fraction of sp³-hybridized carbons (Fsp3) is 0.364. The molecule has 2 aromatic carbocycles. The van der Waals surface area contributed by atoms with E-state index < -0.39 is 16.1 Å². The van der Waals surface area contributed by atoms with Crippen molar-refractivity contribution in [1.82, 2.24) is 14.3 Å². The molecule has 1 aromatic heterocycles. The van der Waals surface area contributed by atoms with Gasteiger partial charge in [0.25, 0.3) is 5.56 Å². The SMILES string of the molecule is Cc1cc([C@@H](C)N[S+]([O-])C(C)(C)C)c2nc3n(c(=O)c2c1)Cc1ccc(Cl)cc1-3. The number of aryl methyl sites for hydroxylation is 1. The topological polar surface area (TPSA) is 70.0 Å². The number of aromatic nitrogens is 2. The van der Waals surface area contributed by atoms with Crippen LogP contribution >= 0.6 is 11.6 Å². The van der Waals surface area contributed by atoms with Crippen LogP contribution in [0.1, 0.15) is 50.4 Å². The summed E-state index contributed by atoms with van der Waals surface area (Å²) >= 11 is 4.95. The van der Waals surface area contributed by atoms with Crippen molar-refractivity contribution < 1.29 is 4.55 Å². The quantitative estimate of drug-likeness (QED) is 0.487. The second kappa shape index (κ2) is 7.13. The molecule has 0 amide bonds. The summed E-state index contributed by atoms with van der Waals surface area (Å²) in [5, 5.41) is 1.20. The molecule has 2 atom stereocenters. The first kappa shape index (κ1) is 20.4. The lowest BCUT2D eigenvalue weighted by molar-refractivity contribution is 0.531.